The van der Waals surface area contributed by atoms with Crippen LogP contribution in [0.1, 0.15) is 28.4 Å². The maximum absolute atomic E-state index is 12.4. The Morgan fingerprint density at radius 1 is 1.15 bits per heavy atom. The molecule has 6 heteroatoms. The summed E-state index contributed by atoms with van der Waals surface area (Å²) in [7, 11) is 0. The zero-order valence-corrected chi connectivity index (χ0v) is 14.5. The number of benzene rings is 2. The Labute approximate surface area is 151 Å². The highest BCUT2D eigenvalue weighted by Gasteiger charge is 2.21. The van der Waals surface area contributed by atoms with Crippen molar-refractivity contribution >= 4 is 23.5 Å². The van der Waals surface area contributed by atoms with E-state index in [0.717, 1.165) is 23.2 Å². The van der Waals surface area contributed by atoms with Gasteiger partial charge in [0.15, 0.2) is 0 Å². The molecule has 1 heterocycles. The zero-order chi connectivity index (χ0) is 18.5. The number of carbonyl (C=O) groups excluding carboxylic acids is 3. The SMILES string of the molecule is CC(=O)OC(=O)c1ccc2c(c1)CN(CCc1ccccc1)C(=O)CN2. The highest BCUT2D eigenvalue weighted by molar-refractivity contribution is 5.97. The van der Waals surface area contributed by atoms with Gasteiger partial charge in [0.25, 0.3) is 0 Å². The number of hydrogen-bond donors (Lipinski definition) is 1. The van der Waals surface area contributed by atoms with Gasteiger partial charge in [-0.05, 0) is 35.7 Å². The number of anilines is 1. The van der Waals surface area contributed by atoms with E-state index in [1.807, 2.05) is 30.3 Å². The first kappa shape index (κ1) is 17.7. The summed E-state index contributed by atoms with van der Waals surface area (Å²) in [5, 5.41) is 3.10. The van der Waals surface area contributed by atoms with Gasteiger partial charge in [-0.2, -0.15) is 0 Å². The van der Waals surface area contributed by atoms with E-state index < -0.39 is 11.9 Å². The minimum atomic E-state index is -0.688. The van der Waals surface area contributed by atoms with E-state index >= 15 is 0 Å². The van der Waals surface area contributed by atoms with E-state index in [1.165, 1.54) is 6.92 Å². The molecule has 6 nitrogen and oxygen atoms in total. The van der Waals surface area contributed by atoms with Crippen LogP contribution in [-0.4, -0.2) is 35.8 Å². The van der Waals surface area contributed by atoms with Crippen molar-refractivity contribution in [3.63, 3.8) is 0 Å². The molecule has 0 aliphatic carbocycles. The third-order valence-electron chi connectivity index (χ3n) is 4.23. The molecule has 3 rings (SSSR count). The number of rotatable bonds is 4. The van der Waals surface area contributed by atoms with E-state index in [1.54, 1.807) is 23.1 Å². The predicted molar refractivity (Wildman–Crippen MR) is 96.6 cm³/mol. The summed E-state index contributed by atoms with van der Waals surface area (Å²) in [6, 6.07) is 15.0. The van der Waals surface area contributed by atoms with Crippen LogP contribution in [0.5, 0.6) is 0 Å². The Morgan fingerprint density at radius 3 is 2.65 bits per heavy atom. The van der Waals surface area contributed by atoms with Crippen molar-refractivity contribution in [1.82, 2.24) is 4.90 Å². The molecule has 134 valence electrons. The first-order chi connectivity index (χ1) is 12.5. The molecule has 0 atom stereocenters. The fourth-order valence-electron chi connectivity index (χ4n) is 2.90. The van der Waals surface area contributed by atoms with Crippen LogP contribution in [0.2, 0.25) is 0 Å². The Morgan fingerprint density at radius 2 is 1.92 bits per heavy atom. The van der Waals surface area contributed by atoms with Crippen molar-refractivity contribution < 1.29 is 19.1 Å². The molecule has 0 fully saturated rings. The van der Waals surface area contributed by atoms with Crippen LogP contribution >= 0.6 is 0 Å². The van der Waals surface area contributed by atoms with Crippen molar-refractivity contribution in [2.75, 3.05) is 18.4 Å². The number of nitrogens with zero attached hydrogens (tertiary/aromatic N) is 1. The number of nitrogens with one attached hydrogen (secondary N) is 1. The van der Waals surface area contributed by atoms with Gasteiger partial charge >= 0.3 is 11.9 Å². The molecule has 1 aliphatic rings. The first-order valence-corrected chi connectivity index (χ1v) is 8.44. The van der Waals surface area contributed by atoms with Crippen LogP contribution in [0, 0.1) is 0 Å². The van der Waals surface area contributed by atoms with E-state index in [-0.39, 0.29) is 18.0 Å². The standard InChI is InChI=1S/C20H20N2O4/c1-14(23)26-20(25)16-7-8-18-17(11-16)13-22(19(24)12-21-18)10-9-15-5-3-2-4-6-15/h2-8,11,21H,9-10,12-13H2,1H3. The van der Waals surface area contributed by atoms with Gasteiger partial charge in [-0.25, -0.2) is 4.79 Å². The lowest BCUT2D eigenvalue weighted by Crippen LogP contribution is -2.34. The van der Waals surface area contributed by atoms with Gasteiger partial charge in [0.2, 0.25) is 5.91 Å². The number of amides is 1. The monoisotopic (exact) mass is 352 g/mol. The maximum atomic E-state index is 12.4. The molecular formula is C20H20N2O4. The summed E-state index contributed by atoms with van der Waals surface area (Å²) < 4.78 is 4.63. The van der Waals surface area contributed by atoms with Crippen LogP contribution in [0.4, 0.5) is 5.69 Å². The van der Waals surface area contributed by atoms with Crippen molar-refractivity contribution in [3.05, 3.63) is 65.2 Å². The third-order valence-corrected chi connectivity index (χ3v) is 4.23. The fraction of sp³-hybridized carbons (Fsp3) is 0.250. The van der Waals surface area contributed by atoms with Crippen LogP contribution < -0.4 is 5.32 Å². The summed E-state index contributed by atoms with van der Waals surface area (Å²) in [5.74, 6) is -1.33. The molecule has 0 saturated heterocycles. The van der Waals surface area contributed by atoms with Crippen molar-refractivity contribution in [2.24, 2.45) is 0 Å². The maximum Gasteiger partial charge on any atom is 0.345 e. The number of fused-ring (bicyclic) bond motifs is 1. The van der Waals surface area contributed by atoms with Crippen molar-refractivity contribution in [2.45, 2.75) is 19.9 Å². The van der Waals surface area contributed by atoms with Gasteiger partial charge in [-0.15, -0.1) is 0 Å². The van der Waals surface area contributed by atoms with Gasteiger partial charge in [0, 0.05) is 25.7 Å². The fourth-order valence-corrected chi connectivity index (χ4v) is 2.90. The molecule has 0 spiro atoms. The van der Waals surface area contributed by atoms with Gasteiger partial charge in [-0.1, -0.05) is 30.3 Å². The van der Waals surface area contributed by atoms with E-state index in [9.17, 15) is 14.4 Å². The van der Waals surface area contributed by atoms with Crippen molar-refractivity contribution in [3.8, 4) is 0 Å². The molecule has 1 N–H and O–H groups in total. The average molecular weight is 352 g/mol. The lowest BCUT2D eigenvalue weighted by Gasteiger charge is -2.20. The van der Waals surface area contributed by atoms with E-state index in [0.29, 0.717) is 13.1 Å². The topological polar surface area (TPSA) is 75.7 Å². The Hall–Kier alpha value is -3.15. The molecule has 0 unspecified atom stereocenters. The Kier molecular flexibility index (Phi) is 5.31. The lowest BCUT2D eigenvalue weighted by molar-refractivity contribution is -0.135. The molecule has 0 radical (unpaired) electrons. The van der Waals surface area contributed by atoms with Crippen LogP contribution in [0.3, 0.4) is 0 Å². The Bertz CT molecular complexity index is 833. The molecule has 1 amide bonds. The summed E-state index contributed by atoms with van der Waals surface area (Å²) >= 11 is 0. The van der Waals surface area contributed by atoms with Crippen LogP contribution in [0.15, 0.2) is 48.5 Å². The second-order valence-corrected chi connectivity index (χ2v) is 6.16. The molecular weight excluding hydrogens is 332 g/mol. The molecule has 2 aromatic rings. The number of carbonyl (C=O) groups is 3. The average Bonchev–Trinajstić information content (AvgIpc) is 2.79. The molecule has 0 saturated carbocycles. The number of hydrogen-bond acceptors (Lipinski definition) is 5. The second kappa shape index (κ2) is 7.82. The van der Waals surface area contributed by atoms with Crippen molar-refractivity contribution in [1.29, 1.82) is 0 Å². The molecule has 1 aliphatic heterocycles. The summed E-state index contributed by atoms with van der Waals surface area (Å²) in [6.45, 7) is 2.38. The molecule has 0 bridgehead atoms. The number of ether oxygens (including phenoxy) is 1. The third kappa shape index (κ3) is 4.27. The summed E-state index contributed by atoms with van der Waals surface area (Å²) in [6.07, 6.45) is 0.758. The quantitative estimate of drug-likeness (QED) is 0.675. The van der Waals surface area contributed by atoms with Crippen LogP contribution in [-0.2, 0) is 27.3 Å². The molecule has 2 aromatic carbocycles. The van der Waals surface area contributed by atoms with Gasteiger partial charge < -0.3 is 15.0 Å². The van der Waals surface area contributed by atoms with Gasteiger partial charge in [-0.3, -0.25) is 9.59 Å². The second-order valence-electron chi connectivity index (χ2n) is 6.16. The Balaban J connectivity index is 1.76. The normalized spacial score (nSPS) is 13.4. The minimum absolute atomic E-state index is 0.00462. The first-order valence-electron chi connectivity index (χ1n) is 8.44. The highest BCUT2D eigenvalue weighted by atomic mass is 16.6. The van der Waals surface area contributed by atoms with Gasteiger partial charge in [0.1, 0.15) is 0 Å². The summed E-state index contributed by atoms with van der Waals surface area (Å²) in [5.41, 5.74) is 3.08. The summed E-state index contributed by atoms with van der Waals surface area (Å²) in [4.78, 5) is 37.1. The van der Waals surface area contributed by atoms with Crippen LogP contribution in [0.25, 0.3) is 0 Å². The number of esters is 2. The zero-order valence-electron chi connectivity index (χ0n) is 14.5. The lowest BCUT2D eigenvalue weighted by atomic mass is 10.1. The van der Waals surface area contributed by atoms with E-state index in [4.69, 9.17) is 0 Å². The molecule has 26 heavy (non-hydrogen) atoms. The molecule has 0 aromatic heterocycles. The largest absolute Gasteiger partial charge is 0.390 e. The smallest absolute Gasteiger partial charge is 0.345 e. The highest BCUT2D eigenvalue weighted by Crippen LogP contribution is 2.23. The minimum Gasteiger partial charge on any atom is -0.390 e. The predicted octanol–water partition coefficient (Wildman–Crippen LogP) is 2.39. The van der Waals surface area contributed by atoms with E-state index in [2.05, 4.69) is 10.1 Å². The van der Waals surface area contributed by atoms with Gasteiger partial charge in [0.05, 0.1) is 12.1 Å².